The normalized spacial score (nSPS) is 21.0. The second-order valence-corrected chi connectivity index (χ2v) is 6.90. The van der Waals surface area contributed by atoms with Crippen molar-refractivity contribution in [1.82, 2.24) is 4.90 Å². The molecule has 2 aromatic carbocycles. The Labute approximate surface area is 148 Å². The summed E-state index contributed by atoms with van der Waals surface area (Å²) >= 11 is 0. The highest BCUT2D eigenvalue weighted by Gasteiger charge is 2.28. The van der Waals surface area contributed by atoms with Gasteiger partial charge in [-0.15, -0.1) is 0 Å². The maximum atomic E-state index is 10.8. The Kier molecular flexibility index (Phi) is 4.40. The van der Waals surface area contributed by atoms with Crippen molar-refractivity contribution < 1.29 is 4.92 Å². The number of anilines is 1. The fourth-order valence-electron chi connectivity index (χ4n) is 4.18. The first-order chi connectivity index (χ1) is 12.2. The van der Waals surface area contributed by atoms with Gasteiger partial charge >= 0.3 is 0 Å². The third kappa shape index (κ3) is 3.24. The summed E-state index contributed by atoms with van der Waals surface area (Å²) in [5, 5.41) is 10.8. The van der Waals surface area contributed by atoms with Crippen molar-refractivity contribution >= 4 is 11.4 Å². The van der Waals surface area contributed by atoms with Crippen LogP contribution in [0.1, 0.15) is 30.0 Å². The number of nitrogens with zero attached hydrogens (tertiary/aromatic N) is 3. The minimum atomic E-state index is -0.345. The summed E-state index contributed by atoms with van der Waals surface area (Å²) in [6.45, 7) is 4.01. The lowest BCUT2D eigenvalue weighted by Crippen LogP contribution is -2.48. The van der Waals surface area contributed by atoms with Crippen molar-refractivity contribution in [2.24, 2.45) is 0 Å². The van der Waals surface area contributed by atoms with E-state index in [2.05, 4.69) is 34.1 Å². The lowest BCUT2D eigenvalue weighted by atomic mass is 9.86. The van der Waals surface area contributed by atoms with E-state index in [1.165, 1.54) is 30.4 Å². The Morgan fingerprint density at radius 1 is 0.960 bits per heavy atom. The minimum absolute atomic E-state index is 0.154. The maximum absolute atomic E-state index is 10.8. The fourth-order valence-corrected chi connectivity index (χ4v) is 4.18. The van der Waals surface area contributed by atoms with Gasteiger partial charge < -0.3 is 4.90 Å². The molecule has 0 spiro atoms. The molecular weight excluding hydrogens is 314 g/mol. The first-order valence-electron chi connectivity index (χ1n) is 9.03. The molecule has 130 valence electrons. The van der Waals surface area contributed by atoms with E-state index in [1.807, 2.05) is 12.1 Å². The smallest absolute Gasteiger partial charge is 0.269 e. The number of nitro groups is 1. The number of hydrogen-bond acceptors (Lipinski definition) is 4. The van der Waals surface area contributed by atoms with Crippen LogP contribution in [0.2, 0.25) is 0 Å². The SMILES string of the molecule is O=[N+]([O-])c1ccc(N2CCN([C@H]3CCCc4ccccc43)CC2)cc1. The van der Waals surface area contributed by atoms with Gasteiger partial charge in [0.2, 0.25) is 0 Å². The van der Waals surface area contributed by atoms with E-state index in [0.29, 0.717) is 6.04 Å². The van der Waals surface area contributed by atoms with Crippen molar-refractivity contribution in [2.45, 2.75) is 25.3 Å². The zero-order valence-corrected chi connectivity index (χ0v) is 14.3. The molecule has 1 atom stereocenters. The van der Waals surface area contributed by atoms with Gasteiger partial charge in [0, 0.05) is 50.0 Å². The van der Waals surface area contributed by atoms with E-state index in [-0.39, 0.29) is 10.6 Å². The maximum Gasteiger partial charge on any atom is 0.269 e. The largest absolute Gasteiger partial charge is 0.369 e. The molecule has 0 amide bonds. The van der Waals surface area contributed by atoms with Gasteiger partial charge in [-0.1, -0.05) is 24.3 Å². The summed E-state index contributed by atoms with van der Waals surface area (Å²) in [6.07, 6.45) is 3.72. The third-order valence-corrected chi connectivity index (χ3v) is 5.52. The van der Waals surface area contributed by atoms with Gasteiger partial charge in [0.15, 0.2) is 0 Å². The first kappa shape index (κ1) is 16.1. The highest BCUT2D eigenvalue weighted by atomic mass is 16.6. The van der Waals surface area contributed by atoms with Crippen LogP contribution in [0, 0.1) is 10.1 Å². The molecule has 1 saturated heterocycles. The van der Waals surface area contributed by atoms with Crippen LogP contribution in [-0.4, -0.2) is 36.0 Å². The van der Waals surface area contributed by atoms with Crippen LogP contribution in [0.4, 0.5) is 11.4 Å². The van der Waals surface area contributed by atoms with Crippen LogP contribution < -0.4 is 4.90 Å². The van der Waals surface area contributed by atoms with Crippen molar-refractivity contribution in [2.75, 3.05) is 31.1 Å². The molecule has 0 saturated carbocycles. The number of aryl methyl sites for hydroxylation is 1. The monoisotopic (exact) mass is 337 g/mol. The number of non-ortho nitro benzene ring substituents is 1. The predicted molar refractivity (Wildman–Crippen MR) is 99.0 cm³/mol. The number of nitro benzene ring substituents is 1. The zero-order chi connectivity index (χ0) is 17.2. The lowest BCUT2D eigenvalue weighted by Gasteiger charge is -2.42. The number of hydrogen-bond donors (Lipinski definition) is 0. The summed E-state index contributed by atoms with van der Waals surface area (Å²) < 4.78 is 0. The van der Waals surface area contributed by atoms with Gasteiger partial charge in [-0.05, 0) is 42.5 Å². The Morgan fingerprint density at radius 3 is 2.40 bits per heavy atom. The molecule has 1 aliphatic heterocycles. The molecule has 2 aliphatic rings. The van der Waals surface area contributed by atoms with E-state index < -0.39 is 0 Å². The second kappa shape index (κ2) is 6.84. The van der Waals surface area contributed by atoms with Crippen LogP contribution in [-0.2, 0) is 6.42 Å². The molecule has 1 heterocycles. The Bertz CT molecular complexity index is 752. The van der Waals surface area contributed by atoms with Gasteiger partial charge in [0.1, 0.15) is 0 Å². The van der Waals surface area contributed by atoms with Crippen LogP contribution in [0.15, 0.2) is 48.5 Å². The quantitative estimate of drug-likeness (QED) is 0.631. The summed E-state index contributed by atoms with van der Waals surface area (Å²) in [4.78, 5) is 15.4. The molecule has 2 aromatic rings. The highest BCUT2D eigenvalue weighted by Crippen LogP contribution is 2.35. The molecule has 4 rings (SSSR count). The minimum Gasteiger partial charge on any atom is -0.369 e. The Morgan fingerprint density at radius 2 is 1.68 bits per heavy atom. The van der Waals surface area contributed by atoms with E-state index in [4.69, 9.17) is 0 Å². The predicted octanol–water partition coefficient (Wildman–Crippen LogP) is 3.79. The third-order valence-electron chi connectivity index (χ3n) is 5.52. The van der Waals surface area contributed by atoms with Crippen molar-refractivity contribution in [3.8, 4) is 0 Å². The molecule has 0 bridgehead atoms. The molecular formula is C20H23N3O2. The fraction of sp³-hybridized carbons (Fsp3) is 0.400. The van der Waals surface area contributed by atoms with Crippen molar-refractivity contribution in [1.29, 1.82) is 0 Å². The molecule has 25 heavy (non-hydrogen) atoms. The molecule has 5 heteroatoms. The van der Waals surface area contributed by atoms with Crippen LogP contribution in [0.5, 0.6) is 0 Å². The summed E-state index contributed by atoms with van der Waals surface area (Å²) in [5.41, 5.74) is 4.25. The lowest BCUT2D eigenvalue weighted by molar-refractivity contribution is -0.384. The van der Waals surface area contributed by atoms with Crippen molar-refractivity contribution in [3.05, 3.63) is 69.8 Å². The number of fused-ring (bicyclic) bond motifs is 1. The van der Waals surface area contributed by atoms with Gasteiger partial charge in [-0.25, -0.2) is 0 Å². The van der Waals surface area contributed by atoms with Gasteiger partial charge in [0.25, 0.3) is 5.69 Å². The van der Waals surface area contributed by atoms with Crippen LogP contribution >= 0.6 is 0 Å². The second-order valence-electron chi connectivity index (χ2n) is 6.90. The molecule has 0 aromatic heterocycles. The molecule has 1 aliphatic carbocycles. The van der Waals surface area contributed by atoms with Gasteiger partial charge in [0.05, 0.1) is 4.92 Å². The molecule has 5 nitrogen and oxygen atoms in total. The van der Waals surface area contributed by atoms with Crippen LogP contribution in [0.3, 0.4) is 0 Å². The summed E-state index contributed by atoms with van der Waals surface area (Å²) in [6, 6.07) is 16.3. The molecule has 0 N–H and O–H groups in total. The summed E-state index contributed by atoms with van der Waals surface area (Å²) in [5.74, 6) is 0. The van der Waals surface area contributed by atoms with Gasteiger partial charge in [-0.2, -0.15) is 0 Å². The molecule has 0 radical (unpaired) electrons. The molecule has 0 unspecified atom stereocenters. The highest BCUT2D eigenvalue weighted by molar-refractivity contribution is 5.51. The standard InChI is InChI=1S/C20H23N3O2/c24-23(25)18-10-8-17(9-11-18)21-12-14-22(15-13-21)20-7-3-5-16-4-1-2-6-19(16)20/h1-2,4,6,8-11,20H,3,5,7,12-15H2/t20-/m0/s1. The van der Waals surface area contributed by atoms with Crippen LogP contribution in [0.25, 0.3) is 0 Å². The Balaban J connectivity index is 1.43. The van der Waals surface area contributed by atoms with E-state index >= 15 is 0 Å². The average molecular weight is 337 g/mol. The Hall–Kier alpha value is -2.40. The number of piperazine rings is 1. The summed E-state index contributed by atoms with van der Waals surface area (Å²) in [7, 11) is 0. The number of benzene rings is 2. The first-order valence-corrected chi connectivity index (χ1v) is 9.03. The van der Waals surface area contributed by atoms with E-state index in [0.717, 1.165) is 31.9 Å². The van der Waals surface area contributed by atoms with E-state index in [1.54, 1.807) is 12.1 Å². The average Bonchev–Trinajstić information content (AvgIpc) is 2.68. The van der Waals surface area contributed by atoms with Gasteiger partial charge in [-0.3, -0.25) is 15.0 Å². The topological polar surface area (TPSA) is 49.6 Å². The van der Waals surface area contributed by atoms with E-state index in [9.17, 15) is 10.1 Å². The zero-order valence-electron chi connectivity index (χ0n) is 14.3. The molecule has 1 fully saturated rings. The number of rotatable bonds is 3. The van der Waals surface area contributed by atoms with Crippen molar-refractivity contribution in [3.63, 3.8) is 0 Å².